The Morgan fingerprint density at radius 3 is 2.42 bits per heavy atom. The van der Waals surface area contributed by atoms with Crippen LogP contribution >= 0.6 is 0 Å². The molecule has 0 N–H and O–H groups in total. The van der Waals surface area contributed by atoms with E-state index >= 15 is 0 Å². The maximum absolute atomic E-state index is 13.1. The third kappa shape index (κ3) is 3.15. The molecule has 2 heterocycles. The molecule has 0 bridgehead atoms. The molecule has 0 amide bonds. The van der Waals surface area contributed by atoms with Crippen LogP contribution in [0.3, 0.4) is 0 Å². The Kier molecular flexibility index (Phi) is 4.83. The van der Waals surface area contributed by atoms with Crippen LogP contribution in [0, 0.1) is 13.8 Å². The summed E-state index contributed by atoms with van der Waals surface area (Å²) in [6.45, 7) is 11.5. The van der Waals surface area contributed by atoms with E-state index in [-0.39, 0.29) is 0 Å². The van der Waals surface area contributed by atoms with Crippen molar-refractivity contribution >= 4 is 16.0 Å². The number of guanidine groups is 1. The Hall–Kier alpha value is -1.60. The van der Waals surface area contributed by atoms with Crippen molar-refractivity contribution in [1.82, 2.24) is 14.1 Å². The van der Waals surface area contributed by atoms with Crippen LogP contribution in [0.4, 0.5) is 0 Å². The Bertz CT molecular complexity index is 737. The molecule has 132 valence electrons. The molecular formula is C17H26N4O2S. The molecule has 1 aromatic carbocycles. The fraction of sp³-hybridized carbons (Fsp3) is 0.588. The predicted molar refractivity (Wildman–Crippen MR) is 95.8 cm³/mol. The summed E-state index contributed by atoms with van der Waals surface area (Å²) in [4.78, 5) is 9.37. The van der Waals surface area contributed by atoms with Crippen molar-refractivity contribution in [2.75, 3.05) is 45.8 Å². The van der Waals surface area contributed by atoms with Crippen molar-refractivity contribution in [2.45, 2.75) is 25.7 Å². The minimum Gasteiger partial charge on any atom is -0.339 e. The summed E-state index contributed by atoms with van der Waals surface area (Å²) in [7, 11) is -3.56. The molecule has 0 aliphatic carbocycles. The van der Waals surface area contributed by atoms with E-state index in [1.807, 2.05) is 26.0 Å². The number of sulfonamides is 1. The van der Waals surface area contributed by atoms with Gasteiger partial charge in [0.05, 0.1) is 18.0 Å². The van der Waals surface area contributed by atoms with E-state index in [1.165, 1.54) is 4.31 Å². The Morgan fingerprint density at radius 1 is 1.08 bits per heavy atom. The smallest absolute Gasteiger partial charge is 0.266 e. The van der Waals surface area contributed by atoms with E-state index < -0.39 is 10.0 Å². The minimum atomic E-state index is -3.56. The van der Waals surface area contributed by atoms with Crippen LogP contribution in [-0.4, -0.2) is 74.3 Å². The van der Waals surface area contributed by atoms with Gasteiger partial charge in [0.25, 0.3) is 10.0 Å². The molecule has 0 saturated carbocycles. The Labute approximate surface area is 144 Å². The number of nitrogens with zero attached hydrogens (tertiary/aromatic N) is 4. The summed E-state index contributed by atoms with van der Waals surface area (Å²) in [6, 6.07) is 5.48. The molecule has 3 rings (SSSR count). The molecule has 1 aromatic rings. The van der Waals surface area contributed by atoms with Crippen LogP contribution in [-0.2, 0) is 10.0 Å². The molecule has 0 aromatic heterocycles. The highest BCUT2D eigenvalue weighted by molar-refractivity contribution is 7.89. The van der Waals surface area contributed by atoms with Crippen LogP contribution in [0.2, 0.25) is 0 Å². The van der Waals surface area contributed by atoms with E-state index in [2.05, 4.69) is 21.7 Å². The van der Waals surface area contributed by atoms with Gasteiger partial charge in [-0.2, -0.15) is 0 Å². The Balaban J connectivity index is 1.84. The zero-order valence-electron chi connectivity index (χ0n) is 14.7. The average molecular weight is 350 g/mol. The maximum Gasteiger partial charge on any atom is 0.266 e. The number of aryl methyl sites for hydroxylation is 2. The average Bonchev–Trinajstić information content (AvgIpc) is 3.05. The molecule has 1 fully saturated rings. The monoisotopic (exact) mass is 350 g/mol. The van der Waals surface area contributed by atoms with E-state index in [4.69, 9.17) is 0 Å². The summed E-state index contributed by atoms with van der Waals surface area (Å²) in [5, 5.41) is 0. The van der Waals surface area contributed by atoms with Crippen LogP contribution in [0.15, 0.2) is 28.1 Å². The first-order chi connectivity index (χ1) is 11.4. The maximum atomic E-state index is 13.1. The molecule has 0 atom stereocenters. The van der Waals surface area contributed by atoms with Gasteiger partial charge in [0.2, 0.25) is 5.96 Å². The lowest BCUT2D eigenvalue weighted by atomic mass is 10.2. The van der Waals surface area contributed by atoms with Gasteiger partial charge in [0.1, 0.15) is 0 Å². The zero-order chi connectivity index (χ0) is 17.3. The van der Waals surface area contributed by atoms with Crippen molar-refractivity contribution in [3.63, 3.8) is 0 Å². The highest BCUT2D eigenvalue weighted by Crippen LogP contribution is 2.24. The first kappa shape index (κ1) is 17.2. The summed E-state index contributed by atoms with van der Waals surface area (Å²) in [5.41, 5.74) is 1.86. The van der Waals surface area contributed by atoms with Crippen molar-refractivity contribution in [1.29, 1.82) is 0 Å². The molecule has 0 spiro atoms. The third-order valence-electron chi connectivity index (χ3n) is 4.78. The second-order valence-electron chi connectivity index (χ2n) is 6.45. The lowest BCUT2D eigenvalue weighted by Gasteiger charge is -2.37. The van der Waals surface area contributed by atoms with Gasteiger partial charge in [-0.05, 0) is 32.0 Å². The number of hydrogen-bond donors (Lipinski definition) is 0. The van der Waals surface area contributed by atoms with Crippen LogP contribution in [0.25, 0.3) is 0 Å². The van der Waals surface area contributed by atoms with E-state index in [0.29, 0.717) is 23.9 Å². The summed E-state index contributed by atoms with van der Waals surface area (Å²) >= 11 is 0. The fourth-order valence-corrected chi connectivity index (χ4v) is 5.03. The summed E-state index contributed by atoms with van der Waals surface area (Å²) in [6.07, 6.45) is 0. The van der Waals surface area contributed by atoms with Crippen molar-refractivity contribution in [2.24, 2.45) is 4.99 Å². The van der Waals surface area contributed by atoms with Crippen molar-refractivity contribution in [3.8, 4) is 0 Å². The number of aliphatic imine (C=N–C) groups is 1. The second kappa shape index (κ2) is 6.72. The van der Waals surface area contributed by atoms with Gasteiger partial charge in [0.15, 0.2) is 0 Å². The van der Waals surface area contributed by atoms with Crippen molar-refractivity contribution < 1.29 is 8.42 Å². The highest BCUT2D eigenvalue weighted by Gasteiger charge is 2.35. The standard InChI is InChI=1S/C17H26N4O2S/c1-4-19-9-11-20(12-10-19)17-18-7-8-21(17)24(22,23)16-6-5-14(2)13-15(16)3/h5-6,13H,4,7-12H2,1-3H3. The number of rotatable bonds is 3. The molecule has 2 aliphatic rings. The number of benzene rings is 1. The number of hydrogen-bond acceptors (Lipinski definition) is 5. The highest BCUT2D eigenvalue weighted by atomic mass is 32.2. The molecule has 6 nitrogen and oxygen atoms in total. The summed E-state index contributed by atoms with van der Waals surface area (Å²) in [5.74, 6) is 0.616. The number of piperazine rings is 1. The Morgan fingerprint density at radius 2 is 1.79 bits per heavy atom. The second-order valence-corrected chi connectivity index (χ2v) is 8.28. The van der Waals surface area contributed by atoms with Gasteiger partial charge in [-0.3, -0.25) is 4.99 Å². The van der Waals surface area contributed by atoms with Crippen LogP contribution in [0.5, 0.6) is 0 Å². The molecular weight excluding hydrogens is 324 g/mol. The largest absolute Gasteiger partial charge is 0.339 e. The van der Waals surface area contributed by atoms with E-state index in [9.17, 15) is 8.42 Å². The van der Waals surface area contributed by atoms with E-state index in [0.717, 1.165) is 43.9 Å². The lowest BCUT2D eigenvalue weighted by molar-refractivity contribution is 0.184. The zero-order valence-corrected chi connectivity index (χ0v) is 15.5. The molecule has 7 heteroatoms. The minimum absolute atomic E-state index is 0.384. The number of likely N-dealkylation sites (N-methyl/N-ethyl adjacent to an activating group) is 1. The fourth-order valence-electron chi connectivity index (χ4n) is 3.38. The van der Waals surface area contributed by atoms with Gasteiger partial charge < -0.3 is 9.80 Å². The van der Waals surface area contributed by atoms with Gasteiger partial charge in [-0.15, -0.1) is 0 Å². The van der Waals surface area contributed by atoms with Gasteiger partial charge in [-0.1, -0.05) is 24.6 Å². The summed E-state index contributed by atoms with van der Waals surface area (Å²) < 4.78 is 27.8. The van der Waals surface area contributed by atoms with Gasteiger partial charge in [-0.25, -0.2) is 12.7 Å². The van der Waals surface area contributed by atoms with Crippen LogP contribution in [0.1, 0.15) is 18.1 Å². The topological polar surface area (TPSA) is 56.2 Å². The predicted octanol–water partition coefficient (Wildman–Crippen LogP) is 1.30. The van der Waals surface area contributed by atoms with Gasteiger partial charge >= 0.3 is 0 Å². The SMILES string of the molecule is CCN1CCN(C2=NCCN2S(=O)(=O)c2ccc(C)cc2C)CC1. The molecule has 0 unspecified atom stereocenters. The first-order valence-electron chi connectivity index (χ1n) is 8.55. The molecule has 2 aliphatic heterocycles. The lowest BCUT2D eigenvalue weighted by Crippen LogP contribution is -2.53. The first-order valence-corrected chi connectivity index (χ1v) is 9.99. The molecule has 0 radical (unpaired) electrons. The van der Waals surface area contributed by atoms with Crippen molar-refractivity contribution in [3.05, 3.63) is 29.3 Å². The van der Waals surface area contributed by atoms with Crippen LogP contribution < -0.4 is 0 Å². The van der Waals surface area contributed by atoms with E-state index in [1.54, 1.807) is 6.07 Å². The van der Waals surface area contributed by atoms with Gasteiger partial charge in [0, 0.05) is 26.2 Å². The molecule has 1 saturated heterocycles. The normalized spacial score (nSPS) is 19.7. The quantitative estimate of drug-likeness (QED) is 0.825. The third-order valence-corrected chi connectivity index (χ3v) is 6.72. The molecule has 24 heavy (non-hydrogen) atoms.